The number of aliphatic carboxylic acids is 1. The van der Waals surface area contributed by atoms with E-state index in [-0.39, 0.29) is 24.4 Å². The van der Waals surface area contributed by atoms with Crippen LogP contribution in [0, 0.1) is 5.92 Å². The van der Waals surface area contributed by atoms with Crippen LogP contribution in [0.4, 0.5) is 0 Å². The molecule has 3 rings (SSSR count). The van der Waals surface area contributed by atoms with E-state index in [4.69, 9.17) is 0 Å². The molecule has 0 aromatic carbocycles. The van der Waals surface area contributed by atoms with Crippen molar-refractivity contribution in [3.05, 3.63) is 20.8 Å². The molecule has 1 aliphatic carbocycles. The molecule has 1 saturated carbocycles. The smallest absolute Gasteiger partial charge is 0.309 e. The molecule has 1 amide bonds. The Morgan fingerprint density at radius 3 is 2.72 bits per heavy atom. The minimum absolute atomic E-state index is 0.0183. The third-order valence-corrected chi connectivity index (χ3v) is 5.48. The fourth-order valence-corrected chi connectivity index (χ4v) is 4.36. The molecule has 1 N–H and O–H groups in total. The Morgan fingerprint density at radius 1 is 1.50 bits per heavy atom. The lowest BCUT2D eigenvalue weighted by molar-refractivity contribution is -0.142. The number of carbonyl (C=O) groups is 2. The molecule has 1 saturated heterocycles. The first kappa shape index (κ1) is 12.2. The van der Waals surface area contributed by atoms with Gasteiger partial charge in [-0.05, 0) is 40.2 Å². The molecule has 2 heterocycles. The largest absolute Gasteiger partial charge is 0.481 e. The number of nitrogens with zero attached hydrogens (tertiary/aromatic N) is 1. The normalized spacial score (nSPS) is 27.8. The van der Waals surface area contributed by atoms with Gasteiger partial charge in [0.15, 0.2) is 0 Å². The van der Waals surface area contributed by atoms with Crippen LogP contribution >= 0.6 is 27.3 Å². The maximum atomic E-state index is 12.0. The standard InChI is InChI=1S/C12H12BrNO3S/c13-8-3-4-18-11(8)10-7(12(16)17)5-9(15)14(10)6-1-2-6/h3-4,6-7,10H,1-2,5H2,(H,16,17). The Balaban J connectivity index is 2.01. The van der Waals surface area contributed by atoms with Crippen molar-refractivity contribution in [2.24, 2.45) is 5.92 Å². The Morgan fingerprint density at radius 2 is 2.22 bits per heavy atom. The number of carboxylic acid groups (broad SMARTS) is 1. The summed E-state index contributed by atoms with van der Waals surface area (Å²) in [6, 6.07) is 1.87. The maximum absolute atomic E-state index is 12.0. The predicted octanol–water partition coefficient (Wildman–Crippen LogP) is 2.65. The second kappa shape index (κ2) is 4.35. The summed E-state index contributed by atoms with van der Waals surface area (Å²) in [5.74, 6) is -1.51. The summed E-state index contributed by atoms with van der Waals surface area (Å²) in [6.07, 6.45) is 2.12. The van der Waals surface area contributed by atoms with Gasteiger partial charge in [0, 0.05) is 21.8 Å². The van der Waals surface area contributed by atoms with E-state index in [2.05, 4.69) is 15.9 Å². The zero-order chi connectivity index (χ0) is 12.9. The van der Waals surface area contributed by atoms with Crippen molar-refractivity contribution in [3.8, 4) is 0 Å². The molecule has 2 unspecified atom stereocenters. The summed E-state index contributed by atoms with van der Waals surface area (Å²) in [6.45, 7) is 0. The fourth-order valence-electron chi connectivity index (χ4n) is 2.59. The molecule has 2 atom stereocenters. The topological polar surface area (TPSA) is 57.6 Å². The van der Waals surface area contributed by atoms with Crippen LogP contribution in [0.5, 0.6) is 0 Å². The number of thiophene rings is 1. The minimum Gasteiger partial charge on any atom is -0.481 e. The van der Waals surface area contributed by atoms with E-state index in [0.717, 1.165) is 22.2 Å². The van der Waals surface area contributed by atoms with Crippen LogP contribution in [0.3, 0.4) is 0 Å². The van der Waals surface area contributed by atoms with Crippen LogP contribution in [0.1, 0.15) is 30.2 Å². The van der Waals surface area contributed by atoms with Gasteiger partial charge in [-0.1, -0.05) is 0 Å². The molecule has 1 aromatic heterocycles. The Bertz CT molecular complexity index is 511. The number of carbonyl (C=O) groups excluding carboxylic acids is 1. The average molecular weight is 330 g/mol. The van der Waals surface area contributed by atoms with Crippen molar-refractivity contribution >= 4 is 39.1 Å². The Hall–Kier alpha value is -0.880. The molecular weight excluding hydrogens is 318 g/mol. The quantitative estimate of drug-likeness (QED) is 0.927. The molecule has 2 fully saturated rings. The summed E-state index contributed by atoms with van der Waals surface area (Å²) in [7, 11) is 0. The van der Waals surface area contributed by atoms with E-state index in [1.807, 2.05) is 11.4 Å². The maximum Gasteiger partial charge on any atom is 0.309 e. The lowest BCUT2D eigenvalue weighted by Gasteiger charge is -2.26. The molecule has 0 bridgehead atoms. The number of carboxylic acids is 1. The van der Waals surface area contributed by atoms with Crippen molar-refractivity contribution in [1.82, 2.24) is 4.90 Å². The first-order chi connectivity index (χ1) is 8.59. The molecule has 1 aromatic rings. The van der Waals surface area contributed by atoms with Gasteiger partial charge in [-0.15, -0.1) is 11.3 Å². The highest BCUT2D eigenvalue weighted by Gasteiger charge is 2.50. The second-order valence-corrected chi connectivity index (χ2v) is 6.56. The lowest BCUT2D eigenvalue weighted by atomic mass is 9.99. The van der Waals surface area contributed by atoms with Crippen molar-refractivity contribution in [3.63, 3.8) is 0 Å². The summed E-state index contributed by atoms with van der Waals surface area (Å²) in [4.78, 5) is 26.2. The molecule has 0 spiro atoms. The molecule has 0 radical (unpaired) electrons. The van der Waals surface area contributed by atoms with Crippen LogP contribution in [-0.4, -0.2) is 27.9 Å². The number of hydrogen-bond donors (Lipinski definition) is 1. The van der Waals surface area contributed by atoms with Crippen LogP contribution < -0.4 is 0 Å². The highest BCUT2D eigenvalue weighted by atomic mass is 79.9. The first-order valence-electron chi connectivity index (χ1n) is 5.86. The zero-order valence-corrected chi connectivity index (χ0v) is 11.9. The molecule has 96 valence electrons. The van der Waals surface area contributed by atoms with Gasteiger partial charge in [0.25, 0.3) is 0 Å². The monoisotopic (exact) mass is 329 g/mol. The predicted molar refractivity (Wildman–Crippen MR) is 70.4 cm³/mol. The molecule has 4 nitrogen and oxygen atoms in total. The number of hydrogen-bond acceptors (Lipinski definition) is 3. The first-order valence-corrected chi connectivity index (χ1v) is 7.53. The molecular formula is C12H12BrNO3S. The van der Waals surface area contributed by atoms with E-state index in [1.54, 1.807) is 4.90 Å². The van der Waals surface area contributed by atoms with E-state index >= 15 is 0 Å². The van der Waals surface area contributed by atoms with Gasteiger partial charge in [-0.25, -0.2) is 0 Å². The summed E-state index contributed by atoms with van der Waals surface area (Å²) < 4.78 is 0.907. The van der Waals surface area contributed by atoms with Gasteiger partial charge < -0.3 is 10.0 Å². The molecule has 18 heavy (non-hydrogen) atoms. The zero-order valence-electron chi connectivity index (χ0n) is 9.51. The van der Waals surface area contributed by atoms with Crippen molar-refractivity contribution in [2.75, 3.05) is 0 Å². The highest BCUT2D eigenvalue weighted by molar-refractivity contribution is 9.10. The highest BCUT2D eigenvalue weighted by Crippen LogP contribution is 2.48. The number of likely N-dealkylation sites (tertiary alicyclic amines) is 1. The van der Waals surface area contributed by atoms with Crippen LogP contribution in [0.25, 0.3) is 0 Å². The van der Waals surface area contributed by atoms with Crippen molar-refractivity contribution in [2.45, 2.75) is 31.3 Å². The van der Waals surface area contributed by atoms with Gasteiger partial charge in [0.2, 0.25) is 5.91 Å². The van der Waals surface area contributed by atoms with Crippen molar-refractivity contribution in [1.29, 1.82) is 0 Å². The average Bonchev–Trinajstić information content (AvgIpc) is 2.96. The lowest BCUT2D eigenvalue weighted by Crippen LogP contribution is -2.32. The van der Waals surface area contributed by atoms with Gasteiger partial charge in [-0.2, -0.15) is 0 Å². The number of rotatable bonds is 3. The van der Waals surface area contributed by atoms with E-state index in [0.29, 0.717) is 0 Å². The van der Waals surface area contributed by atoms with E-state index < -0.39 is 11.9 Å². The molecule has 1 aliphatic heterocycles. The summed E-state index contributed by atoms with van der Waals surface area (Å²) in [5.41, 5.74) is 0. The van der Waals surface area contributed by atoms with Crippen molar-refractivity contribution < 1.29 is 14.7 Å². The second-order valence-electron chi connectivity index (χ2n) is 4.76. The van der Waals surface area contributed by atoms with Crippen LogP contribution in [-0.2, 0) is 9.59 Å². The van der Waals surface area contributed by atoms with Crippen LogP contribution in [0.15, 0.2) is 15.9 Å². The fraction of sp³-hybridized carbons (Fsp3) is 0.500. The van der Waals surface area contributed by atoms with E-state index in [1.165, 1.54) is 11.3 Å². The number of amides is 1. The third kappa shape index (κ3) is 1.87. The SMILES string of the molecule is O=C(O)C1CC(=O)N(C2CC2)C1c1sccc1Br. The summed E-state index contributed by atoms with van der Waals surface area (Å²) >= 11 is 4.96. The van der Waals surface area contributed by atoms with Gasteiger partial charge in [0.1, 0.15) is 0 Å². The van der Waals surface area contributed by atoms with Crippen LogP contribution in [0.2, 0.25) is 0 Å². The van der Waals surface area contributed by atoms with Gasteiger partial charge in [0.05, 0.1) is 12.0 Å². The third-order valence-electron chi connectivity index (χ3n) is 3.53. The summed E-state index contributed by atoms with van der Waals surface area (Å²) in [5, 5.41) is 11.2. The molecule has 6 heteroatoms. The Kier molecular flexibility index (Phi) is 2.94. The van der Waals surface area contributed by atoms with Gasteiger partial charge in [-0.3, -0.25) is 9.59 Å². The van der Waals surface area contributed by atoms with Gasteiger partial charge >= 0.3 is 5.97 Å². The van der Waals surface area contributed by atoms with E-state index in [9.17, 15) is 14.7 Å². The minimum atomic E-state index is -0.878. The number of halogens is 1. The molecule has 2 aliphatic rings. The Labute approximate surface area is 117 Å².